The zero-order chi connectivity index (χ0) is 11.7. The number of nitrogens with zero attached hydrogens (tertiary/aromatic N) is 1. The van der Waals surface area contributed by atoms with Gasteiger partial charge in [-0.15, -0.1) is 0 Å². The van der Waals surface area contributed by atoms with Gasteiger partial charge >= 0.3 is 0 Å². The van der Waals surface area contributed by atoms with Gasteiger partial charge in [-0.3, -0.25) is 4.79 Å². The first-order valence-corrected chi connectivity index (χ1v) is 5.70. The van der Waals surface area contributed by atoms with Gasteiger partial charge in [0.15, 0.2) is 6.10 Å². The maximum absolute atomic E-state index is 11.8. The number of ether oxygens (including phenoxy) is 1. The van der Waals surface area contributed by atoms with Crippen molar-refractivity contribution in [2.75, 3.05) is 11.9 Å². The molecule has 0 fully saturated rings. The molecule has 1 aromatic rings. The van der Waals surface area contributed by atoms with Crippen LogP contribution in [-0.2, 0) is 11.2 Å². The lowest BCUT2D eigenvalue weighted by Crippen LogP contribution is -2.41. The number of hydrogen-bond acceptors (Lipinski definition) is 2. The summed E-state index contributed by atoms with van der Waals surface area (Å²) in [5, 5.41) is 0. The second-order valence-electron chi connectivity index (χ2n) is 4.21. The predicted octanol–water partition coefficient (Wildman–Crippen LogP) is 2.38. The number of hydrogen-bond donors (Lipinski definition) is 0. The van der Waals surface area contributed by atoms with E-state index in [1.807, 2.05) is 12.1 Å². The molecule has 0 saturated carbocycles. The highest BCUT2D eigenvalue weighted by Gasteiger charge is 2.28. The topological polar surface area (TPSA) is 29.5 Å². The Morgan fingerprint density at radius 1 is 1.44 bits per heavy atom. The van der Waals surface area contributed by atoms with Crippen LogP contribution in [0.25, 0.3) is 0 Å². The Morgan fingerprint density at radius 2 is 2.19 bits per heavy atom. The van der Waals surface area contributed by atoms with Gasteiger partial charge in [0, 0.05) is 7.05 Å². The number of anilines is 1. The molecule has 0 saturated heterocycles. The first-order valence-electron chi connectivity index (χ1n) is 5.70. The second-order valence-corrected chi connectivity index (χ2v) is 4.21. The van der Waals surface area contributed by atoms with Gasteiger partial charge in [-0.05, 0) is 31.0 Å². The molecule has 1 atom stereocenters. The minimum absolute atomic E-state index is 0.0150. The number of rotatable bonds is 2. The van der Waals surface area contributed by atoms with Crippen LogP contribution < -0.4 is 9.64 Å². The molecular weight excluding hydrogens is 202 g/mol. The summed E-state index contributed by atoms with van der Waals surface area (Å²) >= 11 is 0. The first kappa shape index (κ1) is 11.0. The molecular formula is C13H17NO2. The third kappa shape index (κ3) is 1.77. The lowest BCUT2D eigenvalue weighted by Gasteiger charge is -2.30. The minimum atomic E-state index is -0.380. The Kier molecular flexibility index (Phi) is 2.86. The standard InChI is InChI=1S/C13H17NO2/c1-4-5-10-6-7-12-11(8-10)14(3)13(15)9(2)16-12/h6-9H,4-5H2,1-3H3. The van der Waals surface area contributed by atoms with Crippen molar-refractivity contribution < 1.29 is 9.53 Å². The summed E-state index contributed by atoms with van der Waals surface area (Å²) in [6.45, 7) is 3.93. The Bertz CT molecular complexity index is 414. The van der Waals surface area contributed by atoms with Crippen molar-refractivity contribution in [3.8, 4) is 5.75 Å². The monoisotopic (exact) mass is 219 g/mol. The van der Waals surface area contributed by atoms with E-state index in [1.54, 1.807) is 18.9 Å². The van der Waals surface area contributed by atoms with Crippen LogP contribution in [-0.4, -0.2) is 19.1 Å². The fraction of sp³-hybridized carbons (Fsp3) is 0.462. The Morgan fingerprint density at radius 3 is 2.88 bits per heavy atom. The maximum atomic E-state index is 11.8. The molecule has 0 bridgehead atoms. The van der Waals surface area contributed by atoms with Crippen LogP contribution >= 0.6 is 0 Å². The highest BCUT2D eigenvalue weighted by atomic mass is 16.5. The number of aryl methyl sites for hydroxylation is 1. The second kappa shape index (κ2) is 4.16. The summed E-state index contributed by atoms with van der Waals surface area (Å²) < 4.78 is 5.56. The Balaban J connectivity index is 2.38. The summed E-state index contributed by atoms with van der Waals surface area (Å²) in [5.41, 5.74) is 2.13. The van der Waals surface area contributed by atoms with E-state index in [0.29, 0.717) is 0 Å². The van der Waals surface area contributed by atoms with Crippen LogP contribution in [0.2, 0.25) is 0 Å². The number of amides is 1. The third-order valence-electron chi connectivity index (χ3n) is 2.91. The van der Waals surface area contributed by atoms with E-state index in [2.05, 4.69) is 13.0 Å². The zero-order valence-electron chi connectivity index (χ0n) is 9.99. The van der Waals surface area contributed by atoms with Gasteiger partial charge in [-0.1, -0.05) is 19.4 Å². The van der Waals surface area contributed by atoms with E-state index in [-0.39, 0.29) is 12.0 Å². The van der Waals surface area contributed by atoms with Crippen LogP contribution in [0.3, 0.4) is 0 Å². The fourth-order valence-electron chi connectivity index (χ4n) is 2.00. The zero-order valence-corrected chi connectivity index (χ0v) is 9.99. The van der Waals surface area contributed by atoms with Crippen molar-refractivity contribution in [1.29, 1.82) is 0 Å². The van der Waals surface area contributed by atoms with Crippen LogP contribution in [0, 0.1) is 0 Å². The smallest absolute Gasteiger partial charge is 0.267 e. The molecule has 0 aliphatic carbocycles. The average molecular weight is 219 g/mol. The quantitative estimate of drug-likeness (QED) is 0.764. The highest BCUT2D eigenvalue weighted by Crippen LogP contribution is 2.34. The molecule has 3 heteroatoms. The van der Waals surface area contributed by atoms with Gasteiger partial charge in [0.1, 0.15) is 5.75 Å². The van der Waals surface area contributed by atoms with Crippen LogP contribution in [0.5, 0.6) is 5.75 Å². The number of carbonyl (C=O) groups excluding carboxylic acids is 1. The molecule has 0 radical (unpaired) electrons. The number of fused-ring (bicyclic) bond motifs is 1. The van der Waals surface area contributed by atoms with Gasteiger partial charge in [0.2, 0.25) is 0 Å². The molecule has 3 nitrogen and oxygen atoms in total. The van der Waals surface area contributed by atoms with Gasteiger partial charge in [0.25, 0.3) is 5.91 Å². The van der Waals surface area contributed by atoms with Crippen LogP contribution in [0.1, 0.15) is 25.8 Å². The molecule has 1 aromatic carbocycles. The molecule has 0 spiro atoms. The first-order chi connectivity index (χ1) is 7.63. The van der Waals surface area contributed by atoms with Gasteiger partial charge < -0.3 is 9.64 Å². The number of carbonyl (C=O) groups is 1. The molecule has 0 aromatic heterocycles. The van der Waals surface area contributed by atoms with Crippen molar-refractivity contribution >= 4 is 11.6 Å². The average Bonchev–Trinajstić information content (AvgIpc) is 2.28. The molecule has 1 aliphatic rings. The van der Waals surface area contributed by atoms with Crippen molar-refractivity contribution in [3.63, 3.8) is 0 Å². The molecule has 2 rings (SSSR count). The van der Waals surface area contributed by atoms with Gasteiger partial charge in [-0.25, -0.2) is 0 Å². The van der Waals surface area contributed by atoms with Gasteiger partial charge in [-0.2, -0.15) is 0 Å². The molecule has 1 aliphatic heterocycles. The summed E-state index contributed by atoms with van der Waals surface area (Å²) in [6.07, 6.45) is 1.76. The van der Waals surface area contributed by atoms with Crippen molar-refractivity contribution in [2.45, 2.75) is 32.8 Å². The lowest BCUT2D eigenvalue weighted by atomic mass is 10.1. The summed E-state index contributed by atoms with van der Waals surface area (Å²) in [6, 6.07) is 6.07. The molecule has 16 heavy (non-hydrogen) atoms. The molecule has 1 heterocycles. The highest BCUT2D eigenvalue weighted by molar-refractivity contribution is 5.99. The van der Waals surface area contributed by atoms with E-state index in [9.17, 15) is 4.79 Å². The van der Waals surface area contributed by atoms with E-state index in [4.69, 9.17) is 4.74 Å². The Labute approximate surface area is 96.0 Å². The summed E-state index contributed by atoms with van der Waals surface area (Å²) in [7, 11) is 1.80. The lowest BCUT2D eigenvalue weighted by molar-refractivity contribution is -0.125. The van der Waals surface area contributed by atoms with Crippen LogP contribution in [0.4, 0.5) is 5.69 Å². The third-order valence-corrected chi connectivity index (χ3v) is 2.91. The molecule has 1 amide bonds. The van der Waals surface area contributed by atoms with E-state index >= 15 is 0 Å². The van der Waals surface area contributed by atoms with Crippen LogP contribution in [0.15, 0.2) is 18.2 Å². The number of likely N-dealkylation sites (N-methyl/N-ethyl adjacent to an activating group) is 1. The molecule has 1 unspecified atom stereocenters. The molecule has 0 N–H and O–H groups in total. The van der Waals surface area contributed by atoms with Crippen molar-refractivity contribution in [1.82, 2.24) is 0 Å². The van der Waals surface area contributed by atoms with Crippen molar-refractivity contribution in [3.05, 3.63) is 23.8 Å². The van der Waals surface area contributed by atoms with E-state index in [0.717, 1.165) is 24.3 Å². The summed E-state index contributed by atoms with van der Waals surface area (Å²) in [4.78, 5) is 13.4. The van der Waals surface area contributed by atoms with Gasteiger partial charge in [0.05, 0.1) is 5.69 Å². The normalized spacial score (nSPS) is 19.3. The van der Waals surface area contributed by atoms with E-state index < -0.39 is 0 Å². The van der Waals surface area contributed by atoms with Crippen molar-refractivity contribution in [2.24, 2.45) is 0 Å². The fourth-order valence-corrected chi connectivity index (χ4v) is 2.00. The molecule has 86 valence electrons. The summed E-state index contributed by atoms with van der Waals surface area (Å²) in [5.74, 6) is 0.815. The Hall–Kier alpha value is -1.51. The van der Waals surface area contributed by atoms with E-state index in [1.165, 1.54) is 5.56 Å². The SMILES string of the molecule is CCCc1ccc2c(c1)N(C)C(=O)C(C)O2. The maximum Gasteiger partial charge on any atom is 0.267 e. The predicted molar refractivity (Wildman–Crippen MR) is 63.9 cm³/mol. The minimum Gasteiger partial charge on any atom is -0.479 e. The largest absolute Gasteiger partial charge is 0.479 e. The number of benzene rings is 1.